The molecule has 2 rings (SSSR count). The van der Waals surface area contributed by atoms with Gasteiger partial charge in [0.1, 0.15) is 22.9 Å². The molecule has 0 unspecified atom stereocenters. The standard InChI is InChI=1S/C15H16ClF2N3O/c1-3-12(21-14-13(16)9(2)19-8-20-14)10-4-6-11(7-5-10)22-15(17)18/h4-8,12,15H,3H2,1-2H3,(H,19,20,21)/t12-/m1/s1. The zero-order valence-corrected chi connectivity index (χ0v) is 12.9. The summed E-state index contributed by atoms with van der Waals surface area (Å²) in [4.78, 5) is 8.15. The van der Waals surface area contributed by atoms with E-state index >= 15 is 0 Å². The van der Waals surface area contributed by atoms with Gasteiger partial charge < -0.3 is 10.1 Å². The van der Waals surface area contributed by atoms with Gasteiger partial charge >= 0.3 is 6.61 Å². The number of hydrogen-bond acceptors (Lipinski definition) is 4. The molecule has 1 N–H and O–H groups in total. The number of benzene rings is 1. The fraction of sp³-hybridized carbons (Fsp3) is 0.333. The summed E-state index contributed by atoms with van der Waals surface area (Å²) in [5, 5.41) is 3.71. The Kier molecular flexibility index (Phi) is 5.49. The smallest absolute Gasteiger partial charge is 0.387 e. The third kappa shape index (κ3) is 4.04. The highest BCUT2D eigenvalue weighted by Gasteiger charge is 2.14. The second kappa shape index (κ2) is 7.35. The molecule has 1 atom stereocenters. The van der Waals surface area contributed by atoms with Gasteiger partial charge in [-0.25, -0.2) is 9.97 Å². The molecule has 0 aliphatic heterocycles. The van der Waals surface area contributed by atoms with Crippen molar-refractivity contribution in [2.75, 3.05) is 5.32 Å². The predicted molar refractivity (Wildman–Crippen MR) is 81.5 cm³/mol. The molecule has 4 nitrogen and oxygen atoms in total. The molecule has 1 heterocycles. The Morgan fingerprint density at radius 2 is 1.91 bits per heavy atom. The maximum Gasteiger partial charge on any atom is 0.387 e. The number of anilines is 1. The summed E-state index contributed by atoms with van der Waals surface area (Å²) in [6.45, 7) is 0.976. The summed E-state index contributed by atoms with van der Waals surface area (Å²) >= 11 is 6.17. The molecule has 0 saturated carbocycles. The van der Waals surface area contributed by atoms with Gasteiger partial charge in [-0.15, -0.1) is 0 Å². The van der Waals surface area contributed by atoms with Crippen LogP contribution in [-0.4, -0.2) is 16.6 Å². The molecule has 0 fully saturated rings. The van der Waals surface area contributed by atoms with Crippen LogP contribution < -0.4 is 10.1 Å². The third-order valence-electron chi connectivity index (χ3n) is 3.19. The van der Waals surface area contributed by atoms with Crippen molar-refractivity contribution in [3.05, 3.63) is 46.9 Å². The lowest BCUT2D eigenvalue weighted by Gasteiger charge is -2.19. The molecule has 0 radical (unpaired) electrons. The van der Waals surface area contributed by atoms with Crippen molar-refractivity contribution in [2.24, 2.45) is 0 Å². The van der Waals surface area contributed by atoms with E-state index in [9.17, 15) is 8.78 Å². The van der Waals surface area contributed by atoms with Gasteiger partial charge in [-0.05, 0) is 31.0 Å². The van der Waals surface area contributed by atoms with Crippen molar-refractivity contribution in [3.8, 4) is 5.75 Å². The van der Waals surface area contributed by atoms with Crippen LogP contribution in [-0.2, 0) is 0 Å². The normalized spacial score (nSPS) is 12.3. The summed E-state index contributed by atoms with van der Waals surface area (Å²) in [5.74, 6) is 0.679. The molecule has 0 aliphatic carbocycles. The topological polar surface area (TPSA) is 47.0 Å². The van der Waals surface area contributed by atoms with Crippen LogP contribution in [0.1, 0.15) is 30.6 Å². The first-order chi connectivity index (χ1) is 10.5. The van der Waals surface area contributed by atoms with E-state index in [-0.39, 0.29) is 11.8 Å². The maximum absolute atomic E-state index is 12.2. The van der Waals surface area contributed by atoms with Crippen molar-refractivity contribution in [1.82, 2.24) is 9.97 Å². The molecule has 7 heteroatoms. The number of nitrogens with zero attached hydrogens (tertiary/aromatic N) is 2. The van der Waals surface area contributed by atoms with E-state index in [4.69, 9.17) is 11.6 Å². The highest BCUT2D eigenvalue weighted by Crippen LogP contribution is 2.28. The molecule has 0 bridgehead atoms. The Labute approximate surface area is 132 Å². The quantitative estimate of drug-likeness (QED) is 0.842. The number of rotatable bonds is 6. The van der Waals surface area contributed by atoms with Crippen LogP contribution in [0.25, 0.3) is 0 Å². The van der Waals surface area contributed by atoms with Crippen LogP contribution in [0, 0.1) is 6.92 Å². The zero-order valence-electron chi connectivity index (χ0n) is 12.2. The minimum atomic E-state index is -2.83. The van der Waals surface area contributed by atoms with E-state index in [0.717, 1.165) is 12.0 Å². The third-order valence-corrected chi connectivity index (χ3v) is 3.64. The average Bonchev–Trinajstić information content (AvgIpc) is 2.49. The Morgan fingerprint density at radius 3 is 2.50 bits per heavy atom. The van der Waals surface area contributed by atoms with Gasteiger partial charge in [0.15, 0.2) is 0 Å². The molecule has 0 amide bonds. The number of aryl methyl sites for hydroxylation is 1. The fourth-order valence-electron chi connectivity index (χ4n) is 2.03. The Morgan fingerprint density at radius 1 is 1.23 bits per heavy atom. The van der Waals surface area contributed by atoms with Crippen molar-refractivity contribution in [2.45, 2.75) is 32.9 Å². The molecule has 22 heavy (non-hydrogen) atoms. The molecular formula is C15H16ClF2N3O. The summed E-state index contributed by atoms with van der Waals surface area (Å²) in [6, 6.07) is 6.45. The molecule has 0 saturated heterocycles. The van der Waals surface area contributed by atoms with Gasteiger partial charge in [-0.3, -0.25) is 0 Å². The summed E-state index contributed by atoms with van der Waals surface area (Å²) < 4.78 is 28.6. The minimum absolute atomic E-state index is 0.0487. The molecular weight excluding hydrogens is 312 g/mol. The maximum atomic E-state index is 12.2. The fourth-order valence-corrected chi connectivity index (χ4v) is 2.18. The molecule has 1 aromatic carbocycles. The van der Waals surface area contributed by atoms with E-state index in [2.05, 4.69) is 20.0 Å². The molecule has 0 spiro atoms. The monoisotopic (exact) mass is 327 g/mol. The number of halogens is 3. The first-order valence-corrected chi connectivity index (χ1v) is 7.17. The van der Waals surface area contributed by atoms with Crippen molar-refractivity contribution >= 4 is 17.4 Å². The number of ether oxygens (including phenoxy) is 1. The van der Waals surface area contributed by atoms with Gasteiger partial charge in [0.25, 0.3) is 0 Å². The van der Waals surface area contributed by atoms with Crippen molar-refractivity contribution in [1.29, 1.82) is 0 Å². The van der Waals surface area contributed by atoms with Crippen LogP contribution >= 0.6 is 11.6 Å². The summed E-state index contributed by atoms with van der Waals surface area (Å²) in [6.07, 6.45) is 2.21. The van der Waals surface area contributed by atoms with E-state index in [1.807, 2.05) is 6.92 Å². The second-order valence-corrected chi connectivity index (χ2v) is 5.05. The summed E-state index contributed by atoms with van der Waals surface area (Å²) in [5.41, 5.74) is 1.62. The first kappa shape index (κ1) is 16.4. The van der Waals surface area contributed by atoms with Crippen LogP contribution in [0.3, 0.4) is 0 Å². The van der Waals surface area contributed by atoms with Gasteiger partial charge in [-0.1, -0.05) is 30.7 Å². The van der Waals surface area contributed by atoms with Crippen molar-refractivity contribution < 1.29 is 13.5 Å². The van der Waals surface area contributed by atoms with Crippen LogP contribution in [0.15, 0.2) is 30.6 Å². The van der Waals surface area contributed by atoms with Gasteiger partial charge in [0, 0.05) is 0 Å². The van der Waals surface area contributed by atoms with E-state index in [1.54, 1.807) is 19.1 Å². The highest BCUT2D eigenvalue weighted by atomic mass is 35.5. The lowest BCUT2D eigenvalue weighted by Crippen LogP contribution is -2.12. The van der Waals surface area contributed by atoms with E-state index < -0.39 is 6.61 Å². The zero-order chi connectivity index (χ0) is 16.1. The number of hydrogen-bond donors (Lipinski definition) is 1. The van der Waals surface area contributed by atoms with Gasteiger partial charge in [0.05, 0.1) is 11.7 Å². The van der Waals surface area contributed by atoms with Crippen LogP contribution in [0.2, 0.25) is 5.02 Å². The number of nitrogens with one attached hydrogen (secondary N) is 1. The predicted octanol–water partition coefficient (Wildman–Crippen LogP) is 4.60. The number of alkyl halides is 2. The largest absolute Gasteiger partial charge is 0.435 e. The molecule has 2 aromatic rings. The Hall–Kier alpha value is -1.95. The van der Waals surface area contributed by atoms with Crippen LogP contribution in [0.4, 0.5) is 14.6 Å². The number of aromatic nitrogens is 2. The van der Waals surface area contributed by atoms with Crippen LogP contribution in [0.5, 0.6) is 5.75 Å². The lowest BCUT2D eigenvalue weighted by molar-refractivity contribution is -0.0498. The lowest BCUT2D eigenvalue weighted by atomic mass is 10.0. The second-order valence-electron chi connectivity index (χ2n) is 4.67. The van der Waals surface area contributed by atoms with Gasteiger partial charge in [0.2, 0.25) is 0 Å². The summed E-state index contributed by atoms with van der Waals surface area (Å²) in [7, 11) is 0. The van der Waals surface area contributed by atoms with E-state index in [0.29, 0.717) is 16.5 Å². The Bertz CT molecular complexity index is 623. The minimum Gasteiger partial charge on any atom is -0.435 e. The van der Waals surface area contributed by atoms with Crippen molar-refractivity contribution in [3.63, 3.8) is 0 Å². The van der Waals surface area contributed by atoms with E-state index in [1.165, 1.54) is 18.5 Å². The molecule has 1 aromatic heterocycles. The van der Waals surface area contributed by atoms with Gasteiger partial charge in [-0.2, -0.15) is 8.78 Å². The molecule has 118 valence electrons. The average molecular weight is 328 g/mol. The highest BCUT2D eigenvalue weighted by molar-refractivity contribution is 6.33. The first-order valence-electron chi connectivity index (χ1n) is 6.79. The molecule has 0 aliphatic rings. The SMILES string of the molecule is CC[C@@H](Nc1ncnc(C)c1Cl)c1ccc(OC(F)F)cc1. The Balaban J connectivity index is 2.16.